The molecule has 0 saturated heterocycles. The van der Waals surface area contributed by atoms with Crippen molar-refractivity contribution in [3.05, 3.63) is 47.6 Å². The zero-order chi connectivity index (χ0) is 15.3. The maximum absolute atomic E-state index is 11.9. The Morgan fingerprint density at radius 3 is 2.62 bits per heavy atom. The SMILES string of the molecule is OC(c1ccccc1)c1nc(CCOCC(F)(F)F)no1. The second kappa shape index (κ2) is 6.68. The van der Waals surface area contributed by atoms with E-state index in [9.17, 15) is 18.3 Å². The molecule has 0 spiro atoms. The molecule has 21 heavy (non-hydrogen) atoms. The predicted molar refractivity (Wildman–Crippen MR) is 65.4 cm³/mol. The lowest BCUT2D eigenvalue weighted by atomic mass is 10.1. The lowest BCUT2D eigenvalue weighted by molar-refractivity contribution is -0.173. The molecule has 1 aromatic heterocycles. The van der Waals surface area contributed by atoms with Crippen LogP contribution >= 0.6 is 0 Å². The molecular formula is C13H13F3N2O3. The summed E-state index contributed by atoms with van der Waals surface area (Å²) in [5.74, 6) is 0.175. The summed E-state index contributed by atoms with van der Waals surface area (Å²) in [7, 11) is 0. The number of hydrogen-bond donors (Lipinski definition) is 1. The topological polar surface area (TPSA) is 68.4 Å². The van der Waals surface area contributed by atoms with Gasteiger partial charge in [-0.25, -0.2) is 0 Å². The van der Waals surface area contributed by atoms with Crippen molar-refractivity contribution in [3.8, 4) is 0 Å². The van der Waals surface area contributed by atoms with Crippen LogP contribution in [-0.2, 0) is 11.2 Å². The summed E-state index contributed by atoms with van der Waals surface area (Å²) < 4.78 is 45.0. The van der Waals surface area contributed by atoms with E-state index in [0.29, 0.717) is 5.56 Å². The van der Waals surface area contributed by atoms with Crippen LogP contribution in [-0.4, -0.2) is 34.6 Å². The Morgan fingerprint density at radius 2 is 1.95 bits per heavy atom. The standard InChI is InChI=1S/C13H13F3N2O3/c14-13(15,16)8-20-7-6-10-17-12(21-18-10)11(19)9-4-2-1-3-5-9/h1-5,11,19H,6-8H2. The van der Waals surface area contributed by atoms with Gasteiger partial charge in [0, 0.05) is 6.42 Å². The number of ether oxygens (including phenoxy) is 1. The molecule has 0 aliphatic carbocycles. The van der Waals surface area contributed by atoms with E-state index < -0.39 is 18.9 Å². The summed E-state index contributed by atoms with van der Waals surface area (Å²) in [5, 5.41) is 13.6. The molecule has 1 unspecified atom stereocenters. The number of hydrogen-bond acceptors (Lipinski definition) is 5. The summed E-state index contributed by atoms with van der Waals surface area (Å²) in [6.45, 7) is -1.50. The molecular weight excluding hydrogens is 289 g/mol. The first kappa shape index (κ1) is 15.5. The van der Waals surface area contributed by atoms with Gasteiger partial charge < -0.3 is 14.4 Å². The molecule has 0 bridgehead atoms. The Kier molecular flexibility index (Phi) is 4.92. The molecule has 1 heterocycles. The minimum Gasteiger partial charge on any atom is -0.378 e. The number of rotatable bonds is 6. The molecule has 1 aromatic carbocycles. The van der Waals surface area contributed by atoms with E-state index in [0.717, 1.165) is 0 Å². The van der Waals surface area contributed by atoms with Crippen molar-refractivity contribution in [2.75, 3.05) is 13.2 Å². The van der Waals surface area contributed by atoms with E-state index in [2.05, 4.69) is 14.9 Å². The number of halogens is 3. The van der Waals surface area contributed by atoms with Crippen LogP contribution < -0.4 is 0 Å². The average molecular weight is 302 g/mol. The minimum absolute atomic E-state index is 0.00739. The first-order chi connectivity index (χ1) is 9.96. The van der Waals surface area contributed by atoms with E-state index in [1.165, 1.54) is 0 Å². The minimum atomic E-state index is -4.36. The van der Waals surface area contributed by atoms with E-state index >= 15 is 0 Å². The van der Waals surface area contributed by atoms with Crippen molar-refractivity contribution in [2.45, 2.75) is 18.7 Å². The van der Waals surface area contributed by atoms with Gasteiger partial charge in [-0.1, -0.05) is 35.5 Å². The van der Waals surface area contributed by atoms with Gasteiger partial charge in [0.1, 0.15) is 6.61 Å². The second-order valence-corrected chi connectivity index (χ2v) is 4.28. The summed E-state index contributed by atoms with van der Waals surface area (Å²) in [6.07, 6.45) is -5.35. The number of nitrogens with zero attached hydrogens (tertiary/aromatic N) is 2. The molecule has 1 N–H and O–H groups in total. The van der Waals surface area contributed by atoms with E-state index in [1.807, 2.05) is 0 Å². The second-order valence-electron chi connectivity index (χ2n) is 4.28. The van der Waals surface area contributed by atoms with Gasteiger partial charge >= 0.3 is 6.18 Å². The zero-order valence-electron chi connectivity index (χ0n) is 10.9. The van der Waals surface area contributed by atoms with Crippen molar-refractivity contribution in [2.24, 2.45) is 0 Å². The molecule has 0 amide bonds. The third kappa shape index (κ3) is 4.83. The summed E-state index contributed by atoms with van der Waals surface area (Å²) in [6, 6.07) is 8.69. The zero-order valence-corrected chi connectivity index (χ0v) is 10.9. The molecule has 0 aliphatic rings. The quantitative estimate of drug-likeness (QED) is 0.829. The fourth-order valence-corrected chi connectivity index (χ4v) is 1.61. The highest BCUT2D eigenvalue weighted by molar-refractivity contribution is 5.21. The summed E-state index contributed by atoms with van der Waals surface area (Å²) in [5.41, 5.74) is 0.584. The normalized spacial score (nSPS) is 13.3. The van der Waals surface area contributed by atoms with E-state index in [4.69, 9.17) is 4.52 Å². The van der Waals surface area contributed by atoms with Crippen molar-refractivity contribution >= 4 is 0 Å². The lowest BCUT2D eigenvalue weighted by Gasteiger charge is -2.06. The number of aliphatic hydroxyl groups is 1. The van der Waals surface area contributed by atoms with Gasteiger partial charge in [0.05, 0.1) is 6.61 Å². The molecule has 0 radical (unpaired) electrons. The fraction of sp³-hybridized carbons (Fsp3) is 0.385. The van der Waals surface area contributed by atoms with Crippen molar-refractivity contribution < 1.29 is 27.5 Å². The fourth-order valence-electron chi connectivity index (χ4n) is 1.61. The van der Waals surface area contributed by atoms with E-state index in [1.54, 1.807) is 30.3 Å². The average Bonchev–Trinajstić information content (AvgIpc) is 2.91. The van der Waals surface area contributed by atoms with Gasteiger partial charge in [-0.2, -0.15) is 18.2 Å². The molecule has 0 aliphatic heterocycles. The molecule has 114 valence electrons. The van der Waals surface area contributed by atoms with Gasteiger partial charge in [-0.05, 0) is 5.56 Å². The summed E-state index contributed by atoms with van der Waals surface area (Å²) in [4.78, 5) is 3.93. The van der Waals surface area contributed by atoms with Gasteiger partial charge in [0.25, 0.3) is 5.89 Å². The molecule has 2 aromatic rings. The smallest absolute Gasteiger partial charge is 0.378 e. The van der Waals surface area contributed by atoms with E-state index in [-0.39, 0.29) is 24.7 Å². The van der Waals surface area contributed by atoms with Crippen LogP contribution in [0.3, 0.4) is 0 Å². The first-order valence-electron chi connectivity index (χ1n) is 6.16. The van der Waals surface area contributed by atoms with Crippen LogP contribution in [0.4, 0.5) is 13.2 Å². The maximum atomic E-state index is 11.9. The first-order valence-corrected chi connectivity index (χ1v) is 6.16. The van der Waals surface area contributed by atoms with Crippen molar-refractivity contribution in [3.63, 3.8) is 0 Å². The van der Waals surface area contributed by atoms with Crippen molar-refractivity contribution in [1.29, 1.82) is 0 Å². The van der Waals surface area contributed by atoms with Crippen molar-refractivity contribution in [1.82, 2.24) is 10.1 Å². The van der Waals surface area contributed by atoms with Crippen LogP contribution in [0.25, 0.3) is 0 Å². The number of alkyl halides is 3. The van der Waals surface area contributed by atoms with Gasteiger partial charge in [-0.15, -0.1) is 0 Å². The lowest BCUT2D eigenvalue weighted by Crippen LogP contribution is -2.18. The van der Waals surface area contributed by atoms with Crippen LogP contribution in [0, 0.1) is 0 Å². The molecule has 0 fully saturated rings. The number of benzene rings is 1. The molecule has 5 nitrogen and oxygen atoms in total. The Bertz CT molecular complexity index is 557. The van der Waals surface area contributed by atoms with Crippen LogP contribution in [0.2, 0.25) is 0 Å². The van der Waals surface area contributed by atoms with Crippen LogP contribution in [0.1, 0.15) is 23.4 Å². The van der Waals surface area contributed by atoms with Crippen LogP contribution in [0.5, 0.6) is 0 Å². The Labute approximate surface area is 118 Å². The third-order valence-electron chi connectivity index (χ3n) is 2.57. The van der Waals surface area contributed by atoms with Crippen LogP contribution in [0.15, 0.2) is 34.9 Å². The molecule has 0 saturated carbocycles. The molecule has 2 rings (SSSR count). The molecule has 1 atom stereocenters. The monoisotopic (exact) mass is 302 g/mol. The van der Waals surface area contributed by atoms with Gasteiger partial charge in [0.2, 0.25) is 0 Å². The number of aliphatic hydroxyl groups excluding tert-OH is 1. The summed E-state index contributed by atoms with van der Waals surface area (Å²) >= 11 is 0. The third-order valence-corrected chi connectivity index (χ3v) is 2.57. The Hall–Kier alpha value is -1.93. The highest BCUT2D eigenvalue weighted by Gasteiger charge is 2.27. The van der Waals surface area contributed by atoms with Gasteiger partial charge in [0.15, 0.2) is 11.9 Å². The number of aromatic nitrogens is 2. The largest absolute Gasteiger partial charge is 0.411 e. The maximum Gasteiger partial charge on any atom is 0.411 e. The molecule has 8 heteroatoms. The highest BCUT2D eigenvalue weighted by Crippen LogP contribution is 2.20. The van der Waals surface area contributed by atoms with Gasteiger partial charge in [-0.3, -0.25) is 0 Å². The highest BCUT2D eigenvalue weighted by atomic mass is 19.4. The predicted octanol–water partition coefficient (Wildman–Crippen LogP) is 2.27. The Morgan fingerprint density at radius 1 is 1.24 bits per heavy atom. The Balaban J connectivity index is 1.87.